The highest BCUT2D eigenvalue weighted by Gasteiger charge is 2.24. The Morgan fingerprint density at radius 1 is 0.929 bits per heavy atom. The summed E-state index contributed by atoms with van der Waals surface area (Å²) in [6, 6.07) is 11.9. The van der Waals surface area contributed by atoms with E-state index in [2.05, 4.69) is 11.0 Å². The van der Waals surface area contributed by atoms with Crippen molar-refractivity contribution in [2.75, 3.05) is 52.4 Å². The molecule has 0 bridgehead atoms. The lowest BCUT2D eigenvalue weighted by atomic mass is 10.1. The molecule has 150 valence electrons. The lowest BCUT2D eigenvalue weighted by molar-refractivity contribution is -0.914. The Morgan fingerprint density at radius 3 is 2.11 bits per heavy atom. The predicted molar refractivity (Wildman–Crippen MR) is 109 cm³/mol. The molecule has 1 aliphatic heterocycles. The predicted octanol–water partition coefficient (Wildman–Crippen LogP) is 1.82. The number of rotatable bonds is 7. The molecule has 0 radical (unpaired) electrons. The summed E-state index contributed by atoms with van der Waals surface area (Å²) < 4.78 is 16.5. The fourth-order valence-electron chi connectivity index (χ4n) is 3.74. The number of benzene rings is 2. The summed E-state index contributed by atoms with van der Waals surface area (Å²) in [6.07, 6.45) is 0. The van der Waals surface area contributed by atoms with E-state index in [1.54, 1.807) is 28.3 Å². The molecule has 0 saturated carbocycles. The van der Waals surface area contributed by atoms with Gasteiger partial charge in [0.1, 0.15) is 6.54 Å². The van der Waals surface area contributed by atoms with Crippen LogP contribution in [0.1, 0.15) is 22.8 Å². The maximum Gasteiger partial charge on any atom is 0.203 e. The average Bonchev–Trinajstić information content (AvgIpc) is 2.73. The van der Waals surface area contributed by atoms with E-state index in [9.17, 15) is 4.79 Å². The van der Waals surface area contributed by atoms with Gasteiger partial charge >= 0.3 is 0 Å². The molecule has 2 aromatic carbocycles. The summed E-state index contributed by atoms with van der Waals surface area (Å²) in [5.41, 5.74) is 3.05. The number of anilines is 1. The van der Waals surface area contributed by atoms with Crippen molar-refractivity contribution in [2.45, 2.75) is 13.5 Å². The summed E-state index contributed by atoms with van der Waals surface area (Å²) in [4.78, 5) is 15.3. The highest BCUT2D eigenvalue weighted by molar-refractivity contribution is 5.94. The van der Waals surface area contributed by atoms with Crippen LogP contribution in [0.2, 0.25) is 0 Å². The molecular formula is C22H29N2O4+. The first-order valence-electron chi connectivity index (χ1n) is 9.54. The van der Waals surface area contributed by atoms with E-state index in [4.69, 9.17) is 14.2 Å². The monoisotopic (exact) mass is 385 g/mol. The van der Waals surface area contributed by atoms with Crippen molar-refractivity contribution in [2.24, 2.45) is 0 Å². The summed E-state index contributed by atoms with van der Waals surface area (Å²) in [5, 5.41) is 0. The summed E-state index contributed by atoms with van der Waals surface area (Å²) in [5.74, 6) is 2.17. The van der Waals surface area contributed by atoms with Crippen LogP contribution in [0.3, 0.4) is 0 Å². The third-order valence-electron chi connectivity index (χ3n) is 5.34. The maximum absolute atomic E-state index is 11.4. The zero-order valence-electron chi connectivity index (χ0n) is 17.1. The molecule has 1 saturated heterocycles. The third-order valence-corrected chi connectivity index (χ3v) is 5.34. The Hall–Kier alpha value is -2.73. The largest absolute Gasteiger partial charge is 0.493 e. The molecule has 2 aromatic rings. The Kier molecular flexibility index (Phi) is 6.41. The molecule has 0 aromatic heterocycles. The van der Waals surface area contributed by atoms with Gasteiger partial charge in [-0.1, -0.05) is 0 Å². The number of carbonyl (C=O) groups excluding carboxylic acids is 1. The third kappa shape index (κ3) is 4.22. The Morgan fingerprint density at radius 2 is 1.57 bits per heavy atom. The van der Waals surface area contributed by atoms with Gasteiger partial charge in [0.15, 0.2) is 17.3 Å². The number of hydrogen-bond acceptors (Lipinski definition) is 5. The fourth-order valence-corrected chi connectivity index (χ4v) is 3.74. The van der Waals surface area contributed by atoms with Crippen molar-refractivity contribution in [3.63, 3.8) is 0 Å². The number of ether oxygens (including phenoxy) is 3. The van der Waals surface area contributed by atoms with Gasteiger partial charge in [-0.2, -0.15) is 0 Å². The van der Waals surface area contributed by atoms with Crippen LogP contribution in [-0.4, -0.2) is 53.3 Å². The van der Waals surface area contributed by atoms with Gasteiger partial charge in [0, 0.05) is 11.3 Å². The maximum atomic E-state index is 11.4. The van der Waals surface area contributed by atoms with Crippen molar-refractivity contribution in [3.05, 3.63) is 47.5 Å². The standard InChI is InChI=1S/C22H28N2O4/c1-16(25)17-5-8-19(9-6-17)24-13-11-23(12-14-24)15-18-7-10-20(26-2)22(28-4)21(18)27-3/h5-10H,11-15H2,1-4H3/p+1. The van der Waals surface area contributed by atoms with Crippen LogP contribution >= 0.6 is 0 Å². The molecule has 1 heterocycles. The smallest absolute Gasteiger partial charge is 0.203 e. The Bertz CT molecular complexity index is 812. The number of piperazine rings is 1. The molecule has 1 aliphatic rings. The highest BCUT2D eigenvalue weighted by Crippen LogP contribution is 2.39. The van der Waals surface area contributed by atoms with E-state index in [0.717, 1.165) is 49.6 Å². The number of nitrogens with zero attached hydrogens (tertiary/aromatic N) is 1. The van der Waals surface area contributed by atoms with Crippen LogP contribution < -0.4 is 24.0 Å². The van der Waals surface area contributed by atoms with Gasteiger partial charge in [-0.25, -0.2) is 0 Å². The fraction of sp³-hybridized carbons (Fsp3) is 0.409. The van der Waals surface area contributed by atoms with Crippen molar-refractivity contribution >= 4 is 11.5 Å². The van der Waals surface area contributed by atoms with E-state index in [0.29, 0.717) is 11.5 Å². The first-order chi connectivity index (χ1) is 13.6. The van der Waals surface area contributed by atoms with Crippen LogP contribution in [0.15, 0.2) is 36.4 Å². The van der Waals surface area contributed by atoms with Crippen LogP contribution in [0, 0.1) is 0 Å². The van der Waals surface area contributed by atoms with Crippen molar-refractivity contribution < 1.29 is 23.9 Å². The minimum atomic E-state index is 0.102. The normalized spacial score (nSPS) is 14.6. The average molecular weight is 385 g/mol. The first-order valence-corrected chi connectivity index (χ1v) is 9.54. The minimum absolute atomic E-state index is 0.102. The van der Waals surface area contributed by atoms with Gasteiger partial charge in [-0.3, -0.25) is 4.79 Å². The van der Waals surface area contributed by atoms with E-state index in [-0.39, 0.29) is 5.78 Å². The van der Waals surface area contributed by atoms with Gasteiger partial charge in [0.25, 0.3) is 0 Å². The number of methoxy groups -OCH3 is 3. The number of ketones is 1. The first kappa shape index (κ1) is 20.0. The SMILES string of the molecule is COc1ccc(C[NH+]2CCN(c3ccc(C(C)=O)cc3)CC2)c(OC)c1OC. The quantitative estimate of drug-likeness (QED) is 0.737. The summed E-state index contributed by atoms with van der Waals surface area (Å²) >= 11 is 0. The zero-order valence-corrected chi connectivity index (χ0v) is 17.1. The van der Waals surface area contributed by atoms with Gasteiger partial charge in [-0.05, 0) is 43.3 Å². The van der Waals surface area contributed by atoms with E-state index >= 15 is 0 Å². The lowest BCUT2D eigenvalue weighted by Crippen LogP contribution is -3.13. The zero-order chi connectivity index (χ0) is 20.1. The number of hydrogen-bond donors (Lipinski definition) is 1. The summed E-state index contributed by atoms with van der Waals surface area (Å²) in [6.45, 7) is 6.49. The molecule has 0 atom stereocenters. The van der Waals surface area contributed by atoms with Crippen LogP contribution in [0.25, 0.3) is 0 Å². The lowest BCUT2D eigenvalue weighted by Gasteiger charge is -2.34. The van der Waals surface area contributed by atoms with Crippen molar-refractivity contribution in [3.8, 4) is 17.2 Å². The van der Waals surface area contributed by atoms with E-state index < -0.39 is 0 Å². The van der Waals surface area contributed by atoms with E-state index in [1.807, 2.05) is 30.3 Å². The van der Waals surface area contributed by atoms with Crippen LogP contribution in [0.4, 0.5) is 5.69 Å². The molecule has 0 aliphatic carbocycles. The number of nitrogens with one attached hydrogen (secondary N) is 1. The van der Waals surface area contributed by atoms with Crippen molar-refractivity contribution in [1.29, 1.82) is 0 Å². The van der Waals surface area contributed by atoms with E-state index in [1.165, 1.54) is 10.6 Å². The molecule has 6 heteroatoms. The molecule has 1 N–H and O–H groups in total. The molecular weight excluding hydrogens is 356 g/mol. The molecule has 3 rings (SSSR count). The van der Waals surface area contributed by atoms with Gasteiger partial charge in [0.2, 0.25) is 5.75 Å². The minimum Gasteiger partial charge on any atom is -0.493 e. The second-order valence-corrected chi connectivity index (χ2v) is 7.01. The van der Waals surface area contributed by atoms with Crippen LogP contribution in [-0.2, 0) is 6.54 Å². The molecule has 0 amide bonds. The highest BCUT2D eigenvalue weighted by atomic mass is 16.5. The molecule has 0 spiro atoms. The van der Waals surface area contributed by atoms with Gasteiger partial charge in [-0.15, -0.1) is 0 Å². The molecule has 1 fully saturated rings. The molecule has 6 nitrogen and oxygen atoms in total. The number of quaternary nitrogens is 1. The van der Waals surface area contributed by atoms with Gasteiger partial charge < -0.3 is 24.0 Å². The Balaban J connectivity index is 1.65. The van der Waals surface area contributed by atoms with Crippen molar-refractivity contribution in [1.82, 2.24) is 0 Å². The number of carbonyl (C=O) groups is 1. The second kappa shape index (κ2) is 8.97. The number of Topliss-reactive ketones (excluding diaryl/α,β-unsaturated/α-hetero) is 1. The molecule has 0 unspecified atom stereocenters. The Labute approximate surface area is 166 Å². The summed E-state index contributed by atoms with van der Waals surface area (Å²) in [7, 11) is 4.93. The topological polar surface area (TPSA) is 52.4 Å². The molecule has 28 heavy (non-hydrogen) atoms. The van der Waals surface area contributed by atoms with Gasteiger partial charge in [0.05, 0.1) is 53.1 Å². The van der Waals surface area contributed by atoms with Crippen LogP contribution in [0.5, 0.6) is 17.2 Å². The second-order valence-electron chi connectivity index (χ2n) is 7.01.